The summed E-state index contributed by atoms with van der Waals surface area (Å²) in [5, 5.41) is 3.60. The van der Waals surface area contributed by atoms with E-state index < -0.39 is 0 Å². The first kappa shape index (κ1) is 14.0. The highest BCUT2D eigenvalue weighted by molar-refractivity contribution is 5.75. The van der Waals surface area contributed by atoms with Gasteiger partial charge in [0.25, 0.3) is 0 Å². The zero-order valence-electron chi connectivity index (χ0n) is 12.5. The lowest BCUT2D eigenvalue weighted by molar-refractivity contribution is 0.749. The smallest absolute Gasteiger partial charge is 0.137 e. The van der Waals surface area contributed by atoms with Crippen LogP contribution in [0.1, 0.15) is 37.1 Å². The van der Waals surface area contributed by atoms with E-state index in [1.54, 1.807) is 0 Å². The Morgan fingerprint density at radius 2 is 2.10 bits per heavy atom. The molecule has 0 aliphatic heterocycles. The van der Waals surface area contributed by atoms with E-state index >= 15 is 0 Å². The van der Waals surface area contributed by atoms with E-state index in [0.717, 1.165) is 28.3 Å². The van der Waals surface area contributed by atoms with Gasteiger partial charge in [0.2, 0.25) is 0 Å². The lowest BCUT2D eigenvalue weighted by Gasteiger charge is -2.16. The SMILES string of the molecule is Cc1ncc(-c2cccc(CN)c2)c(NC2CCCC2)n1. The molecule has 0 atom stereocenters. The van der Waals surface area contributed by atoms with Gasteiger partial charge in [0, 0.05) is 24.3 Å². The molecular weight excluding hydrogens is 260 g/mol. The van der Waals surface area contributed by atoms with Gasteiger partial charge in [-0.05, 0) is 37.0 Å². The minimum atomic E-state index is 0.538. The standard InChI is InChI=1S/C17H22N4/c1-12-19-11-16(14-6-4-5-13(9-14)10-18)17(20-12)21-15-7-2-3-8-15/h4-6,9,11,15H,2-3,7-8,10,18H2,1H3,(H,19,20,21). The number of hydrogen-bond donors (Lipinski definition) is 2. The van der Waals surface area contributed by atoms with E-state index in [9.17, 15) is 0 Å². The van der Waals surface area contributed by atoms with Crippen LogP contribution in [0.3, 0.4) is 0 Å². The third-order valence-corrected chi connectivity index (χ3v) is 4.08. The Morgan fingerprint density at radius 1 is 1.29 bits per heavy atom. The quantitative estimate of drug-likeness (QED) is 0.903. The van der Waals surface area contributed by atoms with Gasteiger partial charge >= 0.3 is 0 Å². The number of hydrogen-bond acceptors (Lipinski definition) is 4. The Morgan fingerprint density at radius 3 is 2.86 bits per heavy atom. The summed E-state index contributed by atoms with van der Waals surface area (Å²) in [6, 6.07) is 8.83. The lowest BCUT2D eigenvalue weighted by Crippen LogP contribution is -2.16. The molecular formula is C17H22N4. The van der Waals surface area contributed by atoms with Gasteiger partial charge in [-0.15, -0.1) is 0 Å². The molecule has 1 heterocycles. The normalized spacial score (nSPS) is 15.3. The van der Waals surface area contributed by atoms with E-state index in [2.05, 4.69) is 27.4 Å². The van der Waals surface area contributed by atoms with Crippen molar-refractivity contribution in [2.45, 2.75) is 45.2 Å². The first-order chi connectivity index (χ1) is 10.3. The Balaban J connectivity index is 1.96. The summed E-state index contributed by atoms with van der Waals surface area (Å²) in [5.41, 5.74) is 9.05. The molecule has 1 fully saturated rings. The summed E-state index contributed by atoms with van der Waals surface area (Å²) in [6.07, 6.45) is 6.98. The van der Waals surface area contributed by atoms with Crippen LogP contribution in [0.4, 0.5) is 5.82 Å². The fraction of sp³-hybridized carbons (Fsp3) is 0.412. The van der Waals surface area contributed by atoms with Crippen LogP contribution < -0.4 is 11.1 Å². The van der Waals surface area contributed by atoms with Crippen molar-refractivity contribution in [2.24, 2.45) is 5.73 Å². The van der Waals surface area contributed by atoms with Crippen LogP contribution in [0.2, 0.25) is 0 Å². The number of nitrogens with zero attached hydrogens (tertiary/aromatic N) is 2. The van der Waals surface area contributed by atoms with Gasteiger partial charge < -0.3 is 11.1 Å². The second-order valence-corrected chi connectivity index (χ2v) is 5.71. The molecule has 0 amide bonds. The van der Waals surface area contributed by atoms with Crippen molar-refractivity contribution >= 4 is 5.82 Å². The zero-order chi connectivity index (χ0) is 14.7. The van der Waals surface area contributed by atoms with Crippen LogP contribution in [0.15, 0.2) is 30.5 Å². The maximum Gasteiger partial charge on any atom is 0.137 e. The molecule has 0 spiro atoms. The largest absolute Gasteiger partial charge is 0.367 e. The molecule has 0 saturated heterocycles. The molecule has 3 N–H and O–H groups in total. The van der Waals surface area contributed by atoms with Crippen molar-refractivity contribution in [3.05, 3.63) is 41.9 Å². The minimum absolute atomic E-state index is 0.538. The fourth-order valence-corrected chi connectivity index (χ4v) is 2.92. The van der Waals surface area contributed by atoms with Crippen molar-refractivity contribution in [3.8, 4) is 11.1 Å². The summed E-state index contributed by atoms with van der Waals surface area (Å²) in [4.78, 5) is 8.98. The first-order valence-electron chi connectivity index (χ1n) is 7.66. The predicted octanol–water partition coefficient (Wildman–Crippen LogP) is 3.27. The van der Waals surface area contributed by atoms with Gasteiger partial charge in [0.1, 0.15) is 11.6 Å². The molecule has 1 aliphatic rings. The Bertz CT molecular complexity index is 618. The van der Waals surface area contributed by atoms with Crippen LogP contribution in [0, 0.1) is 6.92 Å². The number of aromatic nitrogens is 2. The molecule has 1 aromatic carbocycles. The highest BCUT2D eigenvalue weighted by Gasteiger charge is 2.17. The van der Waals surface area contributed by atoms with Gasteiger partial charge in [-0.2, -0.15) is 0 Å². The van der Waals surface area contributed by atoms with Crippen LogP contribution in [-0.4, -0.2) is 16.0 Å². The molecule has 3 rings (SSSR count). The number of nitrogens with two attached hydrogens (primary N) is 1. The molecule has 110 valence electrons. The number of anilines is 1. The van der Waals surface area contributed by atoms with Crippen LogP contribution in [0.5, 0.6) is 0 Å². The fourth-order valence-electron chi connectivity index (χ4n) is 2.92. The van der Waals surface area contributed by atoms with Crippen LogP contribution >= 0.6 is 0 Å². The van der Waals surface area contributed by atoms with Crippen molar-refractivity contribution in [2.75, 3.05) is 5.32 Å². The highest BCUT2D eigenvalue weighted by Crippen LogP contribution is 2.29. The molecule has 0 bridgehead atoms. The predicted molar refractivity (Wildman–Crippen MR) is 86.0 cm³/mol. The second kappa shape index (κ2) is 6.22. The van der Waals surface area contributed by atoms with Crippen molar-refractivity contribution < 1.29 is 0 Å². The van der Waals surface area contributed by atoms with Crippen molar-refractivity contribution in [1.82, 2.24) is 9.97 Å². The van der Waals surface area contributed by atoms with Gasteiger partial charge in [0.05, 0.1) is 0 Å². The maximum absolute atomic E-state index is 5.74. The molecule has 1 aliphatic carbocycles. The molecule has 4 nitrogen and oxygen atoms in total. The number of benzene rings is 1. The summed E-state index contributed by atoms with van der Waals surface area (Å²) in [6.45, 7) is 2.48. The zero-order valence-corrected chi connectivity index (χ0v) is 12.5. The molecule has 2 aromatic rings. The second-order valence-electron chi connectivity index (χ2n) is 5.71. The minimum Gasteiger partial charge on any atom is -0.367 e. The monoisotopic (exact) mass is 282 g/mol. The first-order valence-corrected chi connectivity index (χ1v) is 7.66. The van der Waals surface area contributed by atoms with Gasteiger partial charge in [-0.1, -0.05) is 31.0 Å². The van der Waals surface area contributed by atoms with E-state index in [0.29, 0.717) is 12.6 Å². The molecule has 1 aromatic heterocycles. The van der Waals surface area contributed by atoms with Crippen molar-refractivity contribution in [1.29, 1.82) is 0 Å². The number of nitrogens with one attached hydrogen (secondary N) is 1. The third-order valence-electron chi connectivity index (χ3n) is 4.08. The lowest BCUT2D eigenvalue weighted by atomic mass is 10.0. The summed E-state index contributed by atoms with van der Waals surface area (Å²) in [7, 11) is 0. The van der Waals surface area contributed by atoms with E-state index in [4.69, 9.17) is 5.73 Å². The summed E-state index contributed by atoms with van der Waals surface area (Å²) < 4.78 is 0. The molecule has 4 heteroatoms. The molecule has 0 unspecified atom stereocenters. The Hall–Kier alpha value is -1.94. The summed E-state index contributed by atoms with van der Waals surface area (Å²) in [5.74, 6) is 1.75. The highest BCUT2D eigenvalue weighted by atomic mass is 15.1. The van der Waals surface area contributed by atoms with E-state index in [-0.39, 0.29) is 0 Å². The topological polar surface area (TPSA) is 63.8 Å². The summed E-state index contributed by atoms with van der Waals surface area (Å²) >= 11 is 0. The van der Waals surface area contributed by atoms with Gasteiger partial charge in [-0.25, -0.2) is 9.97 Å². The van der Waals surface area contributed by atoms with Crippen molar-refractivity contribution in [3.63, 3.8) is 0 Å². The van der Waals surface area contributed by atoms with E-state index in [1.165, 1.54) is 25.7 Å². The molecule has 21 heavy (non-hydrogen) atoms. The average molecular weight is 282 g/mol. The number of rotatable bonds is 4. The van der Waals surface area contributed by atoms with Crippen LogP contribution in [-0.2, 0) is 6.54 Å². The molecule has 0 radical (unpaired) electrons. The maximum atomic E-state index is 5.74. The third kappa shape index (κ3) is 3.22. The number of aryl methyl sites for hydroxylation is 1. The van der Waals surface area contributed by atoms with Gasteiger partial charge in [0.15, 0.2) is 0 Å². The van der Waals surface area contributed by atoms with Gasteiger partial charge in [-0.3, -0.25) is 0 Å². The van der Waals surface area contributed by atoms with E-state index in [1.807, 2.05) is 25.3 Å². The Kier molecular flexibility index (Phi) is 4.15. The average Bonchev–Trinajstić information content (AvgIpc) is 3.00. The molecule has 1 saturated carbocycles. The Labute approximate surface area is 125 Å². The van der Waals surface area contributed by atoms with Crippen LogP contribution in [0.25, 0.3) is 11.1 Å².